The van der Waals surface area contributed by atoms with Gasteiger partial charge in [0, 0.05) is 19.6 Å². The predicted octanol–water partition coefficient (Wildman–Crippen LogP) is 1.47. The molecule has 1 rings (SSSR count). The highest BCUT2D eigenvalue weighted by Gasteiger charge is 2.15. The molecule has 0 bridgehead atoms. The van der Waals surface area contributed by atoms with E-state index in [0.29, 0.717) is 0 Å². The van der Waals surface area contributed by atoms with Crippen LogP contribution >= 0.6 is 0 Å². The summed E-state index contributed by atoms with van der Waals surface area (Å²) in [6.45, 7) is 0. The van der Waals surface area contributed by atoms with Crippen molar-refractivity contribution in [2.24, 2.45) is 0 Å². The average molecular weight is 170 g/mol. The van der Waals surface area contributed by atoms with Crippen LogP contribution in [0.4, 0.5) is 0 Å². The molecule has 0 saturated heterocycles. The van der Waals surface area contributed by atoms with E-state index in [-0.39, 0.29) is 6.10 Å². The van der Waals surface area contributed by atoms with Crippen molar-refractivity contribution in [3.05, 3.63) is 23.7 Å². The molecular formula is C9H14O3. The van der Waals surface area contributed by atoms with Gasteiger partial charge in [-0.2, -0.15) is 0 Å². The molecule has 3 nitrogen and oxygen atoms in total. The molecule has 0 aliphatic heterocycles. The maximum Gasteiger partial charge on any atom is 0.120 e. The van der Waals surface area contributed by atoms with Gasteiger partial charge in [0.15, 0.2) is 0 Å². The predicted molar refractivity (Wildman–Crippen MR) is 45.6 cm³/mol. The van der Waals surface area contributed by atoms with Crippen molar-refractivity contribution in [1.82, 2.24) is 0 Å². The Labute approximate surface area is 72.6 Å². The van der Waals surface area contributed by atoms with Gasteiger partial charge in [-0.05, 0) is 6.08 Å². The summed E-state index contributed by atoms with van der Waals surface area (Å²) in [6.07, 6.45) is 4.65. The average Bonchev–Trinajstić information content (AvgIpc) is 2.16. The van der Waals surface area contributed by atoms with Crippen LogP contribution < -0.4 is 0 Å². The van der Waals surface area contributed by atoms with Crippen molar-refractivity contribution >= 4 is 0 Å². The Hall–Kier alpha value is -0.960. The van der Waals surface area contributed by atoms with E-state index in [1.165, 1.54) is 0 Å². The Morgan fingerprint density at radius 3 is 2.50 bits per heavy atom. The fourth-order valence-electron chi connectivity index (χ4n) is 1.13. The summed E-state index contributed by atoms with van der Waals surface area (Å²) in [5.74, 6) is 1.69. The topological polar surface area (TPSA) is 27.7 Å². The SMILES string of the molecule is COC1=C[C@H](OC)CC(OC)=C1. The van der Waals surface area contributed by atoms with E-state index in [2.05, 4.69) is 0 Å². The zero-order valence-electron chi connectivity index (χ0n) is 7.66. The van der Waals surface area contributed by atoms with Gasteiger partial charge in [-0.15, -0.1) is 0 Å². The molecular weight excluding hydrogens is 156 g/mol. The standard InChI is InChI=1S/C9H14O3/c1-10-7-4-8(11-2)6-9(5-7)12-3/h4-5,8H,6H2,1-3H3/t8-/m0/s1. The molecule has 0 N–H and O–H groups in total. The molecule has 0 heterocycles. The van der Waals surface area contributed by atoms with E-state index in [1.807, 2.05) is 12.2 Å². The molecule has 12 heavy (non-hydrogen) atoms. The van der Waals surface area contributed by atoms with Crippen molar-refractivity contribution in [1.29, 1.82) is 0 Å². The van der Waals surface area contributed by atoms with Crippen LogP contribution in [0.1, 0.15) is 6.42 Å². The highest BCUT2D eigenvalue weighted by atomic mass is 16.5. The summed E-state index contributed by atoms with van der Waals surface area (Å²) < 4.78 is 15.4. The van der Waals surface area contributed by atoms with Crippen LogP contribution in [0.25, 0.3) is 0 Å². The Bertz CT molecular complexity index is 206. The third-order valence-corrected chi connectivity index (χ3v) is 1.86. The minimum Gasteiger partial charge on any atom is -0.501 e. The third kappa shape index (κ3) is 2.01. The summed E-state index contributed by atoms with van der Waals surface area (Å²) in [7, 11) is 4.96. The van der Waals surface area contributed by atoms with E-state index < -0.39 is 0 Å². The highest BCUT2D eigenvalue weighted by Crippen LogP contribution is 2.20. The normalized spacial score (nSPS) is 22.8. The molecule has 0 unspecified atom stereocenters. The van der Waals surface area contributed by atoms with Gasteiger partial charge in [0.25, 0.3) is 0 Å². The van der Waals surface area contributed by atoms with Crippen LogP contribution in [0.15, 0.2) is 23.7 Å². The number of hydrogen-bond acceptors (Lipinski definition) is 3. The van der Waals surface area contributed by atoms with Gasteiger partial charge in [-0.3, -0.25) is 0 Å². The fraction of sp³-hybridized carbons (Fsp3) is 0.556. The van der Waals surface area contributed by atoms with Gasteiger partial charge in [-0.25, -0.2) is 0 Å². The first-order valence-electron chi connectivity index (χ1n) is 3.83. The monoisotopic (exact) mass is 170 g/mol. The minimum atomic E-state index is 0.0694. The second-order valence-corrected chi connectivity index (χ2v) is 2.57. The maximum absolute atomic E-state index is 5.18. The Morgan fingerprint density at radius 1 is 1.25 bits per heavy atom. The fourth-order valence-corrected chi connectivity index (χ4v) is 1.13. The molecule has 0 amide bonds. The summed E-state index contributed by atoms with van der Waals surface area (Å²) in [5, 5.41) is 0. The quantitative estimate of drug-likeness (QED) is 0.642. The molecule has 0 aromatic heterocycles. The van der Waals surface area contributed by atoms with Crippen molar-refractivity contribution in [2.45, 2.75) is 12.5 Å². The Balaban J connectivity index is 2.70. The number of methoxy groups -OCH3 is 3. The number of rotatable bonds is 3. The van der Waals surface area contributed by atoms with Crippen molar-refractivity contribution in [3.63, 3.8) is 0 Å². The zero-order valence-corrected chi connectivity index (χ0v) is 7.66. The molecule has 0 saturated carbocycles. The number of allylic oxidation sites excluding steroid dienone is 1. The van der Waals surface area contributed by atoms with Crippen molar-refractivity contribution < 1.29 is 14.2 Å². The molecule has 0 fully saturated rings. The molecule has 1 aliphatic carbocycles. The van der Waals surface area contributed by atoms with Gasteiger partial charge in [0.2, 0.25) is 0 Å². The lowest BCUT2D eigenvalue weighted by atomic mass is 10.1. The largest absolute Gasteiger partial charge is 0.501 e. The number of hydrogen-bond donors (Lipinski definition) is 0. The summed E-state index contributed by atoms with van der Waals surface area (Å²) in [5.41, 5.74) is 0. The van der Waals surface area contributed by atoms with Gasteiger partial charge in [0.05, 0.1) is 20.3 Å². The Morgan fingerprint density at radius 2 is 2.00 bits per heavy atom. The van der Waals surface area contributed by atoms with Crippen LogP contribution in [0, 0.1) is 0 Å². The molecule has 0 spiro atoms. The van der Waals surface area contributed by atoms with Crippen LogP contribution in [0.3, 0.4) is 0 Å². The van der Waals surface area contributed by atoms with Crippen LogP contribution in [0.2, 0.25) is 0 Å². The lowest BCUT2D eigenvalue weighted by molar-refractivity contribution is 0.114. The van der Waals surface area contributed by atoms with Gasteiger partial charge in [0.1, 0.15) is 11.5 Å². The van der Waals surface area contributed by atoms with Crippen LogP contribution in [-0.4, -0.2) is 27.4 Å². The molecule has 0 radical (unpaired) electrons. The second kappa shape index (κ2) is 4.16. The van der Waals surface area contributed by atoms with Crippen LogP contribution in [-0.2, 0) is 14.2 Å². The smallest absolute Gasteiger partial charge is 0.120 e. The van der Waals surface area contributed by atoms with E-state index in [0.717, 1.165) is 17.9 Å². The van der Waals surface area contributed by atoms with E-state index >= 15 is 0 Å². The molecule has 3 heteroatoms. The summed E-state index contributed by atoms with van der Waals surface area (Å²) in [6, 6.07) is 0. The van der Waals surface area contributed by atoms with Gasteiger partial charge in [-0.1, -0.05) is 0 Å². The van der Waals surface area contributed by atoms with Gasteiger partial charge < -0.3 is 14.2 Å². The highest BCUT2D eigenvalue weighted by molar-refractivity contribution is 5.22. The van der Waals surface area contributed by atoms with Crippen LogP contribution in [0.5, 0.6) is 0 Å². The summed E-state index contributed by atoms with van der Waals surface area (Å²) >= 11 is 0. The first-order valence-corrected chi connectivity index (χ1v) is 3.83. The van der Waals surface area contributed by atoms with Crippen molar-refractivity contribution in [3.8, 4) is 0 Å². The Kier molecular flexibility index (Phi) is 3.17. The lowest BCUT2D eigenvalue weighted by Gasteiger charge is -2.18. The number of ether oxygens (including phenoxy) is 3. The molecule has 68 valence electrons. The van der Waals surface area contributed by atoms with E-state index in [4.69, 9.17) is 14.2 Å². The van der Waals surface area contributed by atoms with Crippen molar-refractivity contribution in [2.75, 3.05) is 21.3 Å². The molecule has 1 aliphatic rings. The molecule has 0 aromatic rings. The summed E-state index contributed by atoms with van der Waals surface area (Å²) in [4.78, 5) is 0. The first kappa shape index (κ1) is 9.13. The lowest BCUT2D eigenvalue weighted by Crippen LogP contribution is -2.14. The molecule has 0 aromatic carbocycles. The third-order valence-electron chi connectivity index (χ3n) is 1.86. The van der Waals surface area contributed by atoms with E-state index in [1.54, 1.807) is 21.3 Å². The van der Waals surface area contributed by atoms with Gasteiger partial charge >= 0.3 is 0 Å². The zero-order chi connectivity index (χ0) is 8.97. The maximum atomic E-state index is 5.18. The first-order chi connectivity index (χ1) is 5.80. The minimum absolute atomic E-state index is 0.0694. The van der Waals surface area contributed by atoms with E-state index in [9.17, 15) is 0 Å². The second-order valence-electron chi connectivity index (χ2n) is 2.57. The molecule has 1 atom stereocenters.